The lowest BCUT2D eigenvalue weighted by Crippen LogP contribution is -2.20. The van der Waals surface area contributed by atoms with Crippen LogP contribution in [-0.4, -0.2) is 28.0 Å². The maximum Gasteiger partial charge on any atom is 0.261 e. The number of carbonyl (C=O) groups is 1. The molecule has 24 heavy (non-hydrogen) atoms. The second kappa shape index (κ2) is 7.18. The molecular weight excluding hydrogens is 339 g/mol. The van der Waals surface area contributed by atoms with Crippen LogP contribution in [-0.2, 0) is 14.8 Å². The molecule has 0 saturated heterocycles. The van der Waals surface area contributed by atoms with Crippen molar-refractivity contribution < 1.29 is 27.1 Å². The maximum absolute atomic E-state index is 12.9. The molecule has 0 unspecified atom stereocenters. The van der Waals surface area contributed by atoms with E-state index in [4.69, 9.17) is 15.2 Å². The van der Waals surface area contributed by atoms with E-state index in [0.29, 0.717) is 5.75 Å². The first kappa shape index (κ1) is 17.5. The number of sulfonamides is 1. The summed E-state index contributed by atoms with van der Waals surface area (Å²) < 4.78 is 50.1. The van der Waals surface area contributed by atoms with Gasteiger partial charge in [-0.15, -0.1) is 0 Å². The van der Waals surface area contributed by atoms with E-state index >= 15 is 0 Å². The molecule has 0 aromatic heterocycles. The standard InChI is InChI=1S/C15H15FN2O5S/c1-22-12-6-11(7-13(8-12)23-9-15(17)19)18-24(20,21)14-4-2-10(16)3-5-14/h2-8,18H,9H2,1H3,(H2,17,19). The summed E-state index contributed by atoms with van der Waals surface area (Å²) in [4.78, 5) is 10.7. The van der Waals surface area contributed by atoms with Crippen molar-refractivity contribution >= 4 is 21.6 Å². The van der Waals surface area contributed by atoms with Crippen LogP contribution in [0.25, 0.3) is 0 Å². The van der Waals surface area contributed by atoms with E-state index in [1.54, 1.807) is 0 Å². The van der Waals surface area contributed by atoms with Gasteiger partial charge in [-0.05, 0) is 24.3 Å². The normalized spacial score (nSPS) is 10.9. The summed E-state index contributed by atoms with van der Waals surface area (Å²) in [6, 6.07) is 8.64. The van der Waals surface area contributed by atoms with Gasteiger partial charge in [0.15, 0.2) is 6.61 Å². The Labute approximate surface area is 138 Å². The third-order valence-corrected chi connectivity index (χ3v) is 4.27. The minimum absolute atomic E-state index is 0.105. The van der Waals surface area contributed by atoms with Gasteiger partial charge in [0.25, 0.3) is 15.9 Å². The van der Waals surface area contributed by atoms with Gasteiger partial charge >= 0.3 is 0 Å². The highest BCUT2D eigenvalue weighted by Gasteiger charge is 2.15. The lowest BCUT2D eigenvalue weighted by atomic mass is 10.3. The van der Waals surface area contributed by atoms with E-state index in [9.17, 15) is 17.6 Å². The summed E-state index contributed by atoms with van der Waals surface area (Å²) in [5, 5.41) is 0. The SMILES string of the molecule is COc1cc(NS(=O)(=O)c2ccc(F)cc2)cc(OCC(N)=O)c1. The molecule has 0 bridgehead atoms. The number of anilines is 1. The molecule has 9 heteroatoms. The van der Waals surface area contributed by atoms with E-state index in [0.717, 1.165) is 24.3 Å². The van der Waals surface area contributed by atoms with Crippen molar-refractivity contribution in [1.29, 1.82) is 0 Å². The lowest BCUT2D eigenvalue weighted by Gasteiger charge is -2.12. The summed E-state index contributed by atoms with van der Waals surface area (Å²) >= 11 is 0. The first-order chi connectivity index (χ1) is 11.3. The van der Waals surface area contributed by atoms with Gasteiger partial charge in [0, 0.05) is 18.2 Å². The van der Waals surface area contributed by atoms with Crippen molar-refractivity contribution in [1.82, 2.24) is 0 Å². The lowest BCUT2D eigenvalue weighted by molar-refractivity contribution is -0.119. The van der Waals surface area contributed by atoms with Crippen molar-refractivity contribution in [2.45, 2.75) is 4.90 Å². The molecule has 0 atom stereocenters. The van der Waals surface area contributed by atoms with Crippen LogP contribution in [0.2, 0.25) is 0 Å². The molecule has 0 aliphatic rings. The monoisotopic (exact) mass is 354 g/mol. The summed E-state index contributed by atoms with van der Waals surface area (Å²) in [5.74, 6) is -0.706. The van der Waals surface area contributed by atoms with Crippen LogP contribution < -0.4 is 19.9 Å². The van der Waals surface area contributed by atoms with Crippen LogP contribution in [0.4, 0.5) is 10.1 Å². The number of rotatable bonds is 7. The quantitative estimate of drug-likeness (QED) is 0.783. The molecule has 0 heterocycles. The molecule has 0 fully saturated rings. The Morgan fingerprint density at radius 1 is 1.17 bits per heavy atom. The molecule has 3 N–H and O–H groups in total. The molecule has 2 aromatic rings. The second-order valence-corrected chi connectivity index (χ2v) is 6.39. The number of nitrogens with two attached hydrogens (primary N) is 1. The van der Waals surface area contributed by atoms with Crippen LogP contribution in [0, 0.1) is 5.82 Å². The molecule has 128 valence electrons. The number of halogens is 1. The number of benzene rings is 2. The van der Waals surface area contributed by atoms with Crippen LogP contribution in [0.5, 0.6) is 11.5 Å². The molecule has 0 aliphatic carbocycles. The molecule has 2 aromatic carbocycles. The number of ether oxygens (including phenoxy) is 2. The summed E-state index contributed by atoms with van der Waals surface area (Å²) in [6.45, 7) is -0.364. The zero-order valence-corrected chi connectivity index (χ0v) is 13.5. The predicted octanol–water partition coefficient (Wildman–Crippen LogP) is 1.50. The maximum atomic E-state index is 12.9. The van der Waals surface area contributed by atoms with Crippen molar-refractivity contribution in [3.8, 4) is 11.5 Å². The van der Waals surface area contributed by atoms with E-state index in [-0.39, 0.29) is 22.9 Å². The zero-order valence-electron chi connectivity index (χ0n) is 12.7. The molecule has 7 nitrogen and oxygen atoms in total. The van der Waals surface area contributed by atoms with Gasteiger partial charge in [-0.25, -0.2) is 12.8 Å². The summed E-state index contributed by atoms with van der Waals surface area (Å²) in [6.07, 6.45) is 0. The van der Waals surface area contributed by atoms with E-state index in [2.05, 4.69) is 4.72 Å². The molecule has 0 aliphatic heterocycles. The number of hydrogen-bond acceptors (Lipinski definition) is 5. The second-order valence-electron chi connectivity index (χ2n) is 4.71. The Hall–Kier alpha value is -2.81. The average Bonchev–Trinajstić information content (AvgIpc) is 2.52. The van der Waals surface area contributed by atoms with E-state index in [1.807, 2.05) is 0 Å². The Kier molecular flexibility index (Phi) is 5.24. The minimum atomic E-state index is -3.92. The fourth-order valence-corrected chi connectivity index (χ4v) is 2.85. The van der Waals surface area contributed by atoms with Crippen LogP contribution in [0.15, 0.2) is 47.4 Å². The van der Waals surface area contributed by atoms with Gasteiger partial charge in [-0.2, -0.15) is 0 Å². The third kappa shape index (κ3) is 4.59. The van der Waals surface area contributed by atoms with Gasteiger partial charge in [-0.1, -0.05) is 0 Å². The molecular formula is C15H15FN2O5S. The highest BCUT2D eigenvalue weighted by Crippen LogP contribution is 2.27. The Morgan fingerprint density at radius 2 is 1.79 bits per heavy atom. The van der Waals surface area contributed by atoms with Gasteiger partial charge in [0.2, 0.25) is 0 Å². The Morgan fingerprint density at radius 3 is 2.38 bits per heavy atom. The summed E-state index contributed by atoms with van der Waals surface area (Å²) in [5.41, 5.74) is 5.15. The van der Waals surface area contributed by atoms with Crippen LogP contribution in [0.3, 0.4) is 0 Å². The zero-order chi connectivity index (χ0) is 17.7. The molecule has 1 amide bonds. The highest BCUT2D eigenvalue weighted by atomic mass is 32.2. The van der Waals surface area contributed by atoms with Crippen molar-refractivity contribution in [2.24, 2.45) is 5.73 Å². The van der Waals surface area contributed by atoms with Crippen LogP contribution >= 0.6 is 0 Å². The largest absolute Gasteiger partial charge is 0.497 e. The molecule has 0 saturated carbocycles. The Bertz CT molecular complexity index is 837. The van der Waals surface area contributed by atoms with Crippen molar-refractivity contribution in [2.75, 3.05) is 18.4 Å². The molecule has 2 rings (SSSR count). The average molecular weight is 354 g/mol. The van der Waals surface area contributed by atoms with E-state index < -0.39 is 21.7 Å². The fraction of sp³-hybridized carbons (Fsp3) is 0.133. The van der Waals surface area contributed by atoms with E-state index in [1.165, 1.54) is 25.3 Å². The molecule has 0 radical (unpaired) electrons. The minimum Gasteiger partial charge on any atom is -0.497 e. The van der Waals surface area contributed by atoms with Gasteiger partial charge in [0.1, 0.15) is 17.3 Å². The number of amides is 1. The third-order valence-electron chi connectivity index (χ3n) is 2.87. The number of methoxy groups -OCH3 is 1. The number of nitrogens with one attached hydrogen (secondary N) is 1. The van der Waals surface area contributed by atoms with Gasteiger partial charge in [0.05, 0.1) is 17.7 Å². The van der Waals surface area contributed by atoms with Gasteiger partial charge < -0.3 is 15.2 Å². The fourth-order valence-electron chi connectivity index (χ4n) is 1.81. The topological polar surface area (TPSA) is 108 Å². The number of carbonyl (C=O) groups excluding carboxylic acids is 1. The van der Waals surface area contributed by atoms with Gasteiger partial charge in [-0.3, -0.25) is 9.52 Å². The highest BCUT2D eigenvalue weighted by molar-refractivity contribution is 7.92. The number of primary amides is 1. The van der Waals surface area contributed by atoms with Crippen molar-refractivity contribution in [3.05, 3.63) is 48.3 Å². The predicted molar refractivity (Wildman–Crippen MR) is 84.9 cm³/mol. The number of hydrogen-bond donors (Lipinski definition) is 2. The first-order valence-electron chi connectivity index (χ1n) is 6.69. The first-order valence-corrected chi connectivity index (χ1v) is 8.17. The smallest absolute Gasteiger partial charge is 0.261 e. The summed E-state index contributed by atoms with van der Waals surface area (Å²) in [7, 11) is -2.53. The van der Waals surface area contributed by atoms with Crippen molar-refractivity contribution in [3.63, 3.8) is 0 Å². The molecule has 0 spiro atoms. The van der Waals surface area contributed by atoms with Crippen LogP contribution in [0.1, 0.15) is 0 Å². The Balaban J connectivity index is 2.28.